The van der Waals surface area contributed by atoms with E-state index in [1.807, 2.05) is 0 Å². The summed E-state index contributed by atoms with van der Waals surface area (Å²) in [4.78, 5) is 11.3. The lowest BCUT2D eigenvalue weighted by Crippen LogP contribution is -2.19. The summed E-state index contributed by atoms with van der Waals surface area (Å²) >= 11 is 0. The van der Waals surface area contributed by atoms with Gasteiger partial charge in [0.1, 0.15) is 5.82 Å². The van der Waals surface area contributed by atoms with Crippen LogP contribution in [0.3, 0.4) is 0 Å². The van der Waals surface area contributed by atoms with Crippen molar-refractivity contribution >= 4 is 5.78 Å². The molecule has 0 aromatic heterocycles. The maximum Gasteiger partial charge on any atom is 0.179 e. The second-order valence-corrected chi connectivity index (χ2v) is 2.89. The normalized spacial score (nSPS) is 10.1. The third-order valence-corrected chi connectivity index (χ3v) is 1.83. The third kappa shape index (κ3) is 2.12. The van der Waals surface area contributed by atoms with Crippen LogP contribution in [0.25, 0.3) is 0 Å². The Morgan fingerprint density at radius 1 is 1.54 bits per heavy atom. The van der Waals surface area contributed by atoms with Gasteiger partial charge in [-0.3, -0.25) is 4.79 Å². The fraction of sp³-hybridized carbons (Fsp3) is 0.300. The first-order valence-electron chi connectivity index (χ1n) is 4.09. The standard InChI is InChI=1S/C10H12FNO/c1-7-4-3-5-8(10(7)11)9(13)6-12-2/h3-5,12H,6H2,1-2H3. The Labute approximate surface area is 76.8 Å². The van der Waals surface area contributed by atoms with E-state index in [-0.39, 0.29) is 17.9 Å². The Balaban J connectivity index is 3.01. The number of benzene rings is 1. The Morgan fingerprint density at radius 3 is 2.85 bits per heavy atom. The van der Waals surface area contributed by atoms with Crippen LogP contribution in [0.5, 0.6) is 0 Å². The van der Waals surface area contributed by atoms with Crippen LogP contribution in [0.2, 0.25) is 0 Å². The van der Waals surface area contributed by atoms with Gasteiger partial charge in [0.05, 0.1) is 12.1 Å². The Bertz CT molecular complexity index is 323. The predicted molar refractivity (Wildman–Crippen MR) is 49.4 cm³/mol. The molecule has 0 aliphatic rings. The number of halogens is 1. The Morgan fingerprint density at radius 2 is 2.23 bits per heavy atom. The SMILES string of the molecule is CNCC(=O)c1cccc(C)c1F. The predicted octanol–water partition coefficient (Wildman–Crippen LogP) is 1.54. The molecule has 0 saturated carbocycles. The first kappa shape index (κ1) is 9.86. The van der Waals surface area contributed by atoms with Gasteiger partial charge in [-0.05, 0) is 25.6 Å². The molecule has 2 nitrogen and oxygen atoms in total. The van der Waals surface area contributed by atoms with E-state index in [2.05, 4.69) is 5.32 Å². The molecule has 0 saturated heterocycles. The smallest absolute Gasteiger partial charge is 0.179 e. The molecule has 0 aliphatic carbocycles. The number of nitrogens with one attached hydrogen (secondary N) is 1. The minimum absolute atomic E-state index is 0.161. The van der Waals surface area contributed by atoms with E-state index in [9.17, 15) is 9.18 Å². The average molecular weight is 181 g/mol. The van der Waals surface area contributed by atoms with Gasteiger partial charge in [0.15, 0.2) is 5.78 Å². The number of hydrogen-bond acceptors (Lipinski definition) is 2. The number of hydrogen-bond donors (Lipinski definition) is 1. The maximum atomic E-state index is 13.3. The van der Waals surface area contributed by atoms with Crippen molar-refractivity contribution < 1.29 is 9.18 Å². The van der Waals surface area contributed by atoms with E-state index in [0.717, 1.165) is 0 Å². The van der Waals surface area contributed by atoms with Gasteiger partial charge >= 0.3 is 0 Å². The first-order chi connectivity index (χ1) is 6.16. The minimum atomic E-state index is -0.414. The average Bonchev–Trinajstić information content (AvgIpc) is 2.10. The molecule has 0 amide bonds. The summed E-state index contributed by atoms with van der Waals surface area (Å²) in [6, 6.07) is 4.83. The summed E-state index contributed by atoms with van der Waals surface area (Å²) in [5, 5.41) is 2.70. The summed E-state index contributed by atoms with van der Waals surface area (Å²) in [5.74, 6) is -0.633. The largest absolute Gasteiger partial charge is 0.313 e. The van der Waals surface area contributed by atoms with E-state index in [0.29, 0.717) is 5.56 Å². The molecule has 0 aliphatic heterocycles. The molecule has 0 heterocycles. The molecular weight excluding hydrogens is 169 g/mol. The van der Waals surface area contributed by atoms with E-state index >= 15 is 0 Å². The number of carbonyl (C=O) groups is 1. The fourth-order valence-electron chi connectivity index (χ4n) is 1.12. The van der Waals surface area contributed by atoms with Gasteiger partial charge in [0.25, 0.3) is 0 Å². The van der Waals surface area contributed by atoms with Crippen molar-refractivity contribution in [2.75, 3.05) is 13.6 Å². The zero-order chi connectivity index (χ0) is 9.84. The third-order valence-electron chi connectivity index (χ3n) is 1.83. The monoisotopic (exact) mass is 181 g/mol. The summed E-state index contributed by atoms with van der Waals surface area (Å²) < 4.78 is 13.3. The van der Waals surface area contributed by atoms with Gasteiger partial charge in [-0.15, -0.1) is 0 Å². The van der Waals surface area contributed by atoms with Crippen LogP contribution in [0.1, 0.15) is 15.9 Å². The fourth-order valence-corrected chi connectivity index (χ4v) is 1.12. The molecule has 0 bridgehead atoms. The number of carbonyl (C=O) groups excluding carboxylic acids is 1. The Kier molecular flexibility index (Phi) is 3.14. The topological polar surface area (TPSA) is 29.1 Å². The second kappa shape index (κ2) is 4.14. The van der Waals surface area contributed by atoms with Gasteiger partial charge in [0, 0.05) is 0 Å². The van der Waals surface area contributed by atoms with Crippen molar-refractivity contribution in [2.24, 2.45) is 0 Å². The molecule has 13 heavy (non-hydrogen) atoms. The summed E-state index contributed by atoms with van der Waals surface area (Å²) in [5.41, 5.74) is 0.663. The Hall–Kier alpha value is -1.22. The number of Topliss-reactive ketones (excluding diaryl/α,β-unsaturated/α-hetero) is 1. The highest BCUT2D eigenvalue weighted by atomic mass is 19.1. The van der Waals surface area contributed by atoms with Crippen molar-refractivity contribution in [3.05, 3.63) is 35.1 Å². The summed E-state index contributed by atoms with van der Waals surface area (Å²) in [7, 11) is 1.66. The van der Waals surface area contributed by atoms with Gasteiger partial charge in [0.2, 0.25) is 0 Å². The maximum absolute atomic E-state index is 13.3. The molecule has 0 radical (unpaired) electrons. The molecule has 0 fully saturated rings. The van der Waals surface area contributed by atoms with E-state index in [1.165, 1.54) is 6.07 Å². The molecule has 0 spiro atoms. The highest BCUT2D eigenvalue weighted by molar-refractivity contribution is 5.98. The molecule has 0 unspecified atom stereocenters. The summed E-state index contributed by atoms with van der Waals surface area (Å²) in [6.07, 6.45) is 0. The van der Waals surface area contributed by atoms with Crippen LogP contribution < -0.4 is 5.32 Å². The molecule has 1 rings (SSSR count). The van der Waals surface area contributed by atoms with Crippen molar-refractivity contribution in [3.63, 3.8) is 0 Å². The van der Waals surface area contributed by atoms with Crippen LogP contribution in [-0.4, -0.2) is 19.4 Å². The molecule has 1 N–H and O–H groups in total. The van der Waals surface area contributed by atoms with Gasteiger partial charge < -0.3 is 5.32 Å². The first-order valence-corrected chi connectivity index (χ1v) is 4.09. The zero-order valence-electron chi connectivity index (χ0n) is 7.73. The molecule has 0 atom stereocenters. The highest BCUT2D eigenvalue weighted by Crippen LogP contribution is 2.11. The minimum Gasteiger partial charge on any atom is -0.313 e. The van der Waals surface area contributed by atoms with E-state index in [1.54, 1.807) is 26.1 Å². The quantitative estimate of drug-likeness (QED) is 0.716. The van der Waals surface area contributed by atoms with Crippen molar-refractivity contribution in [1.82, 2.24) is 5.32 Å². The van der Waals surface area contributed by atoms with Crippen LogP contribution >= 0.6 is 0 Å². The number of rotatable bonds is 3. The van der Waals surface area contributed by atoms with Crippen molar-refractivity contribution in [1.29, 1.82) is 0 Å². The summed E-state index contributed by atoms with van der Waals surface area (Å²) in [6.45, 7) is 1.81. The van der Waals surface area contributed by atoms with Gasteiger partial charge in [-0.2, -0.15) is 0 Å². The lowest BCUT2D eigenvalue weighted by molar-refractivity contribution is 0.0989. The molecule has 70 valence electrons. The molecular formula is C10H12FNO. The lowest BCUT2D eigenvalue weighted by Gasteiger charge is -2.03. The second-order valence-electron chi connectivity index (χ2n) is 2.89. The molecule has 1 aromatic carbocycles. The number of likely N-dealkylation sites (N-methyl/N-ethyl adjacent to an activating group) is 1. The number of aryl methyl sites for hydroxylation is 1. The van der Waals surface area contributed by atoms with Crippen LogP contribution in [0, 0.1) is 12.7 Å². The van der Waals surface area contributed by atoms with Crippen LogP contribution in [0.15, 0.2) is 18.2 Å². The zero-order valence-corrected chi connectivity index (χ0v) is 7.73. The molecule has 3 heteroatoms. The van der Waals surface area contributed by atoms with Gasteiger partial charge in [-0.1, -0.05) is 12.1 Å². The van der Waals surface area contributed by atoms with E-state index in [4.69, 9.17) is 0 Å². The van der Waals surface area contributed by atoms with E-state index < -0.39 is 5.82 Å². The van der Waals surface area contributed by atoms with Crippen molar-refractivity contribution in [2.45, 2.75) is 6.92 Å². The molecule has 1 aromatic rings. The highest BCUT2D eigenvalue weighted by Gasteiger charge is 2.11. The van der Waals surface area contributed by atoms with Gasteiger partial charge in [-0.25, -0.2) is 4.39 Å². The lowest BCUT2D eigenvalue weighted by atomic mass is 10.1. The van der Waals surface area contributed by atoms with Crippen molar-refractivity contribution in [3.8, 4) is 0 Å². The number of ketones is 1. The van der Waals surface area contributed by atoms with Crippen LogP contribution in [0.4, 0.5) is 4.39 Å². The van der Waals surface area contributed by atoms with Crippen LogP contribution in [-0.2, 0) is 0 Å².